The fourth-order valence-corrected chi connectivity index (χ4v) is 3.77. The van der Waals surface area contributed by atoms with Crippen LogP contribution < -0.4 is 4.18 Å². The van der Waals surface area contributed by atoms with Crippen LogP contribution in [0.2, 0.25) is 0 Å². The van der Waals surface area contributed by atoms with Crippen LogP contribution >= 0.6 is 0 Å². The monoisotopic (exact) mass is 769 g/mol. The fourth-order valence-electron chi connectivity index (χ4n) is 3.50. The van der Waals surface area contributed by atoms with E-state index in [0.717, 1.165) is 44.8 Å². The normalized spacial score (nSPS) is 10.7. The van der Waals surface area contributed by atoms with E-state index in [-0.39, 0.29) is 16.8 Å². The van der Waals surface area contributed by atoms with Crippen molar-refractivity contribution >= 4 is 90.3 Å². The molecule has 1 aromatic carbocycles. The van der Waals surface area contributed by atoms with Crippen LogP contribution in [0.15, 0.2) is 78.9 Å². The van der Waals surface area contributed by atoms with Gasteiger partial charge in [0.05, 0.1) is 22.8 Å². The van der Waals surface area contributed by atoms with E-state index >= 15 is 0 Å². The Morgan fingerprint density at radius 3 is 1.15 bits per heavy atom. The van der Waals surface area contributed by atoms with Crippen LogP contribution in [0.5, 0.6) is 5.75 Å². The van der Waals surface area contributed by atoms with E-state index in [2.05, 4.69) is 54.5 Å². The molecular formula is C26H22CoN4O12S4-4. The van der Waals surface area contributed by atoms with Crippen LogP contribution in [0, 0.1) is 0 Å². The smallest absolute Gasteiger partial charge is 0.103 e. The van der Waals surface area contributed by atoms with Crippen molar-refractivity contribution in [3.8, 4) is 5.75 Å². The molecule has 47 heavy (non-hydrogen) atoms. The maximum Gasteiger partial charge on any atom is 0.103 e. The first-order valence-electron chi connectivity index (χ1n) is 12.0. The molecule has 5 heterocycles. The molecule has 2 aliphatic rings. The van der Waals surface area contributed by atoms with Crippen molar-refractivity contribution < 1.29 is 68.3 Å². The molecule has 3 aromatic heterocycles. The summed E-state index contributed by atoms with van der Waals surface area (Å²) in [7, 11) is -11.0. The summed E-state index contributed by atoms with van der Waals surface area (Å²) < 4.78 is 96.5. The summed E-state index contributed by atoms with van der Waals surface area (Å²) >= 11 is 0. The molecule has 21 heteroatoms. The van der Waals surface area contributed by atoms with Crippen LogP contribution in [-0.2, 0) is 94.4 Å². The van der Waals surface area contributed by atoms with Crippen LogP contribution in [0.4, 0.5) is 0 Å². The van der Waals surface area contributed by atoms with Crippen molar-refractivity contribution in [2.75, 3.05) is 0 Å². The molecule has 1 radical (unpaired) electrons. The Kier molecular flexibility index (Phi) is 18.7. The Balaban J connectivity index is 0.000000399. The van der Waals surface area contributed by atoms with Gasteiger partial charge in [0.1, 0.15) is 16.7 Å². The van der Waals surface area contributed by atoms with E-state index in [1.807, 2.05) is 42.5 Å². The fraction of sp³-hybridized carbons (Fsp3) is 0. The van der Waals surface area contributed by atoms with Crippen molar-refractivity contribution in [2.45, 2.75) is 0 Å². The summed E-state index contributed by atoms with van der Waals surface area (Å²) in [6.07, 6.45) is 8.05. The number of nitrogens with zero attached hydrogens (tertiary/aromatic N) is 2. The predicted molar refractivity (Wildman–Crippen MR) is 169 cm³/mol. The predicted octanol–water partition coefficient (Wildman–Crippen LogP) is 5.25. The van der Waals surface area contributed by atoms with Gasteiger partial charge >= 0.3 is 0 Å². The quantitative estimate of drug-likeness (QED) is 0.0856. The van der Waals surface area contributed by atoms with Gasteiger partial charge in [-0.2, -0.15) is 0 Å². The molecule has 5 N–H and O–H groups in total. The second kappa shape index (κ2) is 21.6. The number of hydrogen-bond donors (Lipinski definition) is 5. The van der Waals surface area contributed by atoms with Crippen LogP contribution in [0.1, 0.15) is 22.8 Å². The minimum atomic E-state index is -2.86. The molecule has 255 valence electrons. The molecule has 0 saturated heterocycles. The average molecular weight is 770 g/mol. The van der Waals surface area contributed by atoms with E-state index in [1.165, 1.54) is 0 Å². The Labute approximate surface area is 284 Å². The first-order valence-corrected chi connectivity index (χ1v) is 16.1. The molecule has 0 amide bonds. The molecule has 4 aromatic rings. The summed E-state index contributed by atoms with van der Waals surface area (Å²) in [4.78, 5) is 16.0. The molecular weight excluding hydrogens is 748 g/mol. The number of nitrogens with one attached hydrogen (secondary N) is 2. The topological polar surface area (TPSA) is 264 Å². The van der Waals surface area contributed by atoms with E-state index in [0.29, 0.717) is 5.75 Å². The van der Waals surface area contributed by atoms with Crippen LogP contribution in [0.3, 0.4) is 0 Å². The third-order valence-electron chi connectivity index (χ3n) is 4.95. The summed E-state index contributed by atoms with van der Waals surface area (Å²) in [5.74, 6) is 0.329. The van der Waals surface area contributed by atoms with Crippen LogP contribution in [0.25, 0.3) is 46.4 Å². The molecule has 0 aliphatic carbocycles. The van der Waals surface area contributed by atoms with Crippen molar-refractivity contribution in [1.82, 2.24) is 19.9 Å². The van der Waals surface area contributed by atoms with Crippen molar-refractivity contribution in [3.05, 3.63) is 102 Å². The number of aromatic nitrogens is 4. The van der Waals surface area contributed by atoms with Gasteiger partial charge in [-0.25, -0.2) is 9.97 Å². The molecule has 6 rings (SSSR count). The molecule has 2 aliphatic heterocycles. The zero-order valence-electron chi connectivity index (χ0n) is 23.2. The minimum absolute atomic E-state index is 0. The van der Waals surface area contributed by atoms with Crippen molar-refractivity contribution in [3.63, 3.8) is 0 Å². The van der Waals surface area contributed by atoms with Gasteiger partial charge < -0.3 is 61.5 Å². The van der Waals surface area contributed by atoms with Gasteiger partial charge in [-0.15, -0.1) is 0 Å². The van der Waals surface area contributed by atoms with Gasteiger partial charge in [0.2, 0.25) is 0 Å². The van der Waals surface area contributed by atoms with Crippen LogP contribution in [-0.4, -0.2) is 33.6 Å². The second-order valence-corrected chi connectivity index (χ2v) is 10.0. The van der Waals surface area contributed by atoms with E-state index in [1.54, 1.807) is 30.3 Å². The Hall–Kier alpha value is -4.19. The molecule has 0 saturated carbocycles. The Morgan fingerprint density at radius 2 is 0.809 bits per heavy atom. The second-order valence-electron chi connectivity index (χ2n) is 8.16. The maximum absolute atomic E-state index is 9.95. The largest absolute Gasteiger partial charge is 0.533 e. The zero-order valence-corrected chi connectivity index (χ0v) is 27.5. The number of rotatable bonds is 2. The third kappa shape index (κ3) is 18.5. The van der Waals surface area contributed by atoms with Gasteiger partial charge in [-0.1, -0.05) is 18.2 Å². The van der Waals surface area contributed by atoms with Gasteiger partial charge in [0.25, 0.3) is 0 Å². The Morgan fingerprint density at radius 1 is 0.489 bits per heavy atom. The minimum Gasteiger partial charge on any atom is -0.533 e. The summed E-state index contributed by atoms with van der Waals surface area (Å²) in [6, 6.07) is 24.7. The van der Waals surface area contributed by atoms with Gasteiger partial charge in [0, 0.05) is 71.8 Å². The molecule has 0 unspecified atom stereocenters. The summed E-state index contributed by atoms with van der Waals surface area (Å²) in [5, 5.41) is 0. The average Bonchev–Trinajstić information content (AvgIpc) is 3.75. The van der Waals surface area contributed by atoms with Crippen molar-refractivity contribution in [2.24, 2.45) is 0 Å². The molecule has 0 atom stereocenters. The van der Waals surface area contributed by atoms with Gasteiger partial charge in [0.15, 0.2) is 0 Å². The number of fused-ring (bicyclic) bond motifs is 8. The number of hydrogen-bond acceptors (Lipinski definition) is 15. The maximum atomic E-state index is 9.95. The third-order valence-corrected chi connectivity index (χ3v) is 5.28. The van der Waals surface area contributed by atoms with Gasteiger partial charge in [-0.05, 0) is 85.0 Å². The SMILES string of the molecule is C1=Cc2cc3ccc(cc4ccc(cc5nc(cc1n2)C=C5)[nH]4)[nH]3.O=[S-](=O)O.O=[S-](=O)O.O=[S-](=O)O.O=[S-](=O)Oc1ccccc1.[Co]. The first kappa shape index (κ1) is 40.8. The number of para-hydroxylation sites is 1. The summed E-state index contributed by atoms with van der Waals surface area (Å²) in [5.41, 5.74) is 7.86. The van der Waals surface area contributed by atoms with Gasteiger partial charge in [-0.3, -0.25) is 0 Å². The van der Waals surface area contributed by atoms with E-state index < -0.39 is 43.9 Å². The number of H-pyrrole nitrogens is 2. The zero-order chi connectivity index (χ0) is 34.1. The molecule has 0 spiro atoms. The number of benzene rings is 1. The van der Waals surface area contributed by atoms with E-state index in [9.17, 15) is 8.42 Å². The molecule has 16 nitrogen and oxygen atoms in total. The number of aromatic amines is 2. The standard InChI is InChI=1S/C20H14N4.C6H5O3S.Co.3HO3S/c1-2-14-10-16-5-6-18(23-16)12-20-8-7-19(24-20)11-17-4-3-15(22-17)9-13(1)21-14;7-10(8)9-6-4-2-1-3-5-6;;3*1-4(2)3/h1-12,21-22H;1-5H;;3*(H,1,2,3)/q;-1;;3*-1. The Bertz CT molecular complexity index is 1990. The summed E-state index contributed by atoms with van der Waals surface area (Å²) in [6.45, 7) is 0. The first-order chi connectivity index (χ1) is 21.8. The molecule has 8 bridgehead atoms. The van der Waals surface area contributed by atoms with E-state index in [4.69, 9.17) is 38.9 Å². The molecule has 0 fully saturated rings. The van der Waals surface area contributed by atoms with Crippen molar-refractivity contribution in [1.29, 1.82) is 0 Å².